The molecular weight excluding hydrogens is 234 g/mol. The third-order valence-electron chi connectivity index (χ3n) is 2.69. The Morgan fingerprint density at radius 3 is 2.11 bits per heavy atom. The molecule has 0 unspecified atom stereocenters. The van der Waals surface area contributed by atoms with E-state index in [1.165, 1.54) is 7.05 Å². The van der Waals surface area contributed by atoms with E-state index in [0.29, 0.717) is 6.42 Å². The van der Waals surface area contributed by atoms with Crippen LogP contribution in [0.25, 0.3) is 0 Å². The highest BCUT2D eigenvalue weighted by Crippen LogP contribution is 2.21. The first-order chi connectivity index (χ1) is 8.19. The first-order valence-corrected chi connectivity index (χ1v) is 6.35. The molecule has 0 rings (SSSR count). The van der Waals surface area contributed by atoms with Gasteiger partial charge in [0.05, 0.1) is 0 Å². The Kier molecular flexibility index (Phi) is 6.32. The molecule has 0 aromatic heterocycles. The van der Waals surface area contributed by atoms with E-state index in [2.05, 4.69) is 5.32 Å². The van der Waals surface area contributed by atoms with Crippen molar-refractivity contribution >= 4 is 11.9 Å². The van der Waals surface area contributed by atoms with Gasteiger partial charge in [-0.2, -0.15) is 0 Å². The average molecular weight is 259 g/mol. The van der Waals surface area contributed by atoms with Gasteiger partial charge in [-0.25, -0.2) is 9.59 Å². The molecule has 0 amide bonds. The number of unbranched alkanes of at least 4 members (excludes halogenated alkanes) is 2. The van der Waals surface area contributed by atoms with Crippen LogP contribution >= 0.6 is 0 Å². The third kappa shape index (κ3) is 4.64. The number of esters is 1. The molecule has 0 radical (unpaired) electrons. The molecule has 2 N–H and O–H groups in total. The van der Waals surface area contributed by atoms with Crippen LogP contribution in [0.3, 0.4) is 0 Å². The second kappa shape index (κ2) is 6.73. The lowest BCUT2D eigenvalue weighted by Gasteiger charge is -2.30. The molecule has 0 saturated carbocycles. The fraction of sp³-hybridized carbons (Fsp3) is 0.846. The number of ether oxygens (including phenoxy) is 1. The summed E-state index contributed by atoms with van der Waals surface area (Å²) in [5.74, 6) is -1.91. The number of carboxylic acids is 1. The number of hydrogen-bond acceptors (Lipinski definition) is 4. The second-order valence-electron chi connectivity index (χ2n) is 5.42. The van der Waals surface area contributed by atoms with Crippen LogP contribution in [-0.2, 0) is 14.3 Å². The van der Waals surface area contributed by atoms with Gasteiger partial charge in [0, 0.05) is 0 Å². The van der Waals surface area contributed by atoms with E-state index in [4.69, 9.17) is 4.74 Å². The fourth-order valence-corrected chi connectivity index (χ4v) is 1.64. The lowest BCUT2D eigenvalue weighted by molar-refractivity contribution is -0.171. The van der Waals surface area contributed by atoms with Gasteiger partial charge in [0.25, 0.3) is 0 Å². The standard InChI is InChI=1S/C13H25NO4/c1-6-7-8-9-13(14-5,10(15)16)11(17)18-12(2,3)4/h14H,6-9H2,1-5H3,(H,15,16)/t13-/m0/s1. The predicted octanol–water partition coefficient (Wildman–Crippen LogP) is 1.95. The van der Waals surface area contributed by atoms with Crippen LogP contribution in [-0.4, -0.2) is 35.2 Å². The zero-order valence-corrected chi connectivity index (χ0v) is 12.0. The maximum atomic E-state index is 12.1. The van der Waals surface area contributed by atoms with Crippen LogP contribution < -0.4 is 5.32 Å². The van der Waals surface area contributed by atoms with Crippen molar-refractivity contribution in [3.05, 3.63) is 0 Å². The smallest absolute Gasteiger partial charge is 0.338 e. The number of carbonyl (C=O) groups excluding carboxylic acids is 1. The van der Waals surface area contributed by atoms with Crippen molar-refractivity contribution < 1.29 is 19.4 Å². The monoisotopic (exact) mass is 259 g/mol. The highest BCUT2D eigenvalue weighted by Gasteiger charge is 2.47. The number of nitrogens with one attached hydrogen (secondary N) is 1. The Morgan fingerprint density at radius 1 is 1.22 bits per heavy atom. The first kappa shape index (κ1) is 16.9. The molecule has 0 saturated heterocycles. The van der Waals surface area contributed by atoms with Gasteiger partial charge >= 0.3 is 11.9 Å². The Bertz CT molecular complexity index is 296. The van der Waals surface area contributed by atoms with Crippen LogP contribution in [0.15, 0.2) is 0 Å². The van der Waals surface area contributed by atoms with Crippen molar-refractivity contribution in [3.8, 4) is 0 Å². The quantitative estimate of drug-likeness (QED) is 0.415. The van der Waals surface area contributed by atoms with Gasteiger partial charge in [-0.3, -0.25) is 5.32 Å². The van der Waals surface area contributed by atoms with Crippen LogP contribution in [0.2, 0.25) is 0 Å². The fourth-order valence-electron chi connectivity index (χ4n) is 1.64. The lowest BCUT2D eigenvalue weighted by Crippen LogP contribution is -2.58. The number of likely N-dealkylation sites (N-methyl/N-ethyl adjacent to an activating group) is 1. The number of carboxylic acid groups (broad SMARTS) is 1. The summed E-state index contributed by atoms with van der Waals surface area (Å²) >= 11 is 0. The molecule has 0 bridgehead atoms. The van der Waals surface area contributed by atoms with Gasteiger partial charge in [-0.15, -0.1) is 0 Å². The van der Waals surface area contributed by atoms with Crippen molar-refractivity contribution in [2.75, 3.05) is 7.05 Å². The van der Waals surface area contributed by atoms with Gasteiger partial charge in [-0.1, -0.05) is 26.2 Å². The van der Waals surface area contributed by atoms with Gasteiger partial charge in [0.2, 0.25) is 5.54 Å². The molecule has 0 fully saturated rings. The van der Waals surface area contributed by atoms with Crippen molar-refractivity contribution in [3.63, 3.8) is 0 Å². The van der Waals surface area contributed by atoms with Crippen molar-refractivity contribution in [1.82, 2.24) is 5.32 Å². The number of hydrogen-bond donors (Lipinski definition) is 2. The van der Waals surface area contributed by atoms with Crippen LogP contribution in [0, 0.1) is 0 Å². The van der Waals surface area contributed by atoms with Gasteiger partial charge in [-0.05, 0) is 34.2 Å². The average Bonchev–Trinajstić information content (AvgIpc) is 2.21. The summed E-state index contributed by atoms with van der Waals surface area (Å²) in [5.41, 5.74) is -2.33. The molecule has 5 nitrogen and oxygen atoms in total. The van der Waals surface area contributed by atoms with Gasteiger partial charge < -0.3 is 9.84 Å². The minimum Gasteiger partial charge on any atom is -0.479 e. The van der Waals surface area contributed by atoms with Crippen LogP contribution in [0.5, 0.6) is 0 Å². The number of carbonyl (C=O) groups is 2. The van der Waals surface area contributed by atoms with E-state index in [-0.39, 0.29) is 6.42 Å². The number of rotatable bonds is 7. The molecular formula is C13H25NO4. The molecule has 106 valence electrons. The largest absolute Gasteiger partial charge is 0.479 e. The molecule has 0 heterocycles. The van der Waals surface area contributed by atoms with E-state index in [9.17, 15) is 14.7 Å². The Morgan fingerprint density at radius 2 is 1.78 bits per heavy atom. The summed E-state index contributed by atoms with van der Waals surface area (Å²) in [4.78, 5) is 23.5. The maximum Gasteiger partial charge on any atom is 0.338 e. The molecule has 0 aliphatic rings. The molecule has 0 spiro atoms. The number of aliphatic carboxylic acids is 1. The Balaban J connectivity index is 4.95. The zero-order valence-electron chi connectivity index (χ0n) is 12.0. The van der Waals surface area contributed by atoms with E-state index >= 15 is 0 Å². The van der Waals surface area contributed by atoms with Crippen molar-refractivity contribution in [2.45, 2.75) is 64.5 Å². The summed E-state index contributed by atoms with van der Waals surface area (Å²) in [6, 6.07) is 0. The van der Waals surface area contributed by atoms with E-state index in [0.717, 1.165) is 12.8 Å². The molecule has 1 atom stereocenters. The minimum absolute atomic E-state index is 0.238. The summed E-state index contributed by atoms with van der Waals surface area (Å²) in [7, 11) is 1.48. The van der Waals surface area contributed by atoms with Crippen molar-refractivity contribution in [2.24, 2.45) is 0 Å². The molecule has 0 aromatic rings. The van der Waals surface area contributed by atoms with E-state index in [1.54, 1.807) is 20.8 Å². The Labute approximate surface area is 109 Å². The van der Waals surface area contributed by atoms with Crippen LogP contribution in [0.4, 0.5) is 0 Å². The van der Waals surface area contributed by atoms with E-state index < -0.39 is 23.1 Å². The highest BCUT2D eigenvalue weighted by atomic mass is 16.6. The summed E-state index contributed by atoms with van der Waals surface area (Å²) in [6.45, 7) is 7.19. The van der Waals surface area contributed by atoms with Crippen molar-refractivity contribution in [1.29, 1.82) is 0 Å². The topological polar surface area (TPSA) is 75.6 Å². The predicted molar refractivity (Wildman–Crippen MR) is 69.4 cm³/mol. The maximum absolute atomic E-state index is 12.1. The molecule has 0 aliphatic carbocycles. The summed E-state index contributed by atoms with van der Waals surface area (Å²) < 4.78 is 5.20. The second-order valence-corrected chi connectivity index (χ2v) is 5.42. The highest BCUT2D eigenvalue weighted by molar-refractivity contribution is 6.04. The van der Waals surface area contributed by atoms with Gasteiger partial charge in [0.15, 0.2) is 0 Å². The first-order valence-electron chi connectivity index (χ1n) is 6.35. The SMILES string of the molecule is CCCCC[C@](NC)(C(=O)O)C(=O)OC(C)(C)C. The molecule has 5 heteroatoms. The molecule has 0 aliphatic heterocycles. The molecule has 18 heavy (non-hydrogen) atoms. The minimum atomic E-state index is -1.64. The zero-order chi connectivity index (χ0) is 14.4. The normalized spacial score (nSPS) is 14.9. The van der Waals surface area contributed by atoms with E-state index in [1.807, 2.05) is 6.92 Å². The summed E-state index contributed by atoms with van der Waals surface area (Å²) in [6.07, 6.45) is 2.76. The van der Waals surface area contributed by atoms with Gasteiger partial charge in [0.1, 0.15) is 5.60 Å². The van der Waals surface area contributed by atoms with Crippen LogP contribution in [0.1, 0.15) is 53.4 Å². The molecule has 0 aromatic carbocycles. The third-order valence-corrected chi connectivity index (χ3v) is 2.69. The Hall–Kier alpha value is -1.10. The summed E-state index contributed by atoms with van der Waals surface area (Å²) in [5, 5.41) is 11.9. The lowest BCUT2D eigenvalue weighted by atomic mass is 9.92.